The topological polar surface area (TPSA) is 29.9 Å². The van der Waals surface area contributed by atoms with Gasteiger partial charge in [-0.15, -0.1) is 0 Å². The number of aromatic nitrogens is 2. The SMILES string of the molecule is CC1(C)CCC(NCc2cccc(-c3ccc4ncn(C(c5ccccc5)(c5ccccc5)c5ccccc5)c4c3)c2)CC1. The average Bonchev–Trinajstić information content (AvgIpc) is 3.50. The normalized spacial score (nSPS) is 15.4. The first-order chi connectivity index (χ1) is 21.5. The van der Waals surface area contributed by atoms with Crippen LogP contribution in [-0.2, 0) is 12.1 Å². The number of hydrogen-bond acceptors (Lipinski definition) is 2. The molecular formula is C41H41N3. The van der Waals surface area contributed by atoms with Crippen molar-refractivity contribution in [2.24, 2.45) is 5.41 Å². The van der Waals surface area contributed by atoms with Crippen molar-refractivity contribution in [1.29, 1.82) is 0 Å². The quantitative estimate of drug-likeness (QED) is 0.183. The molecule has 1 heterocycles. The van der Waals surface area contributed by atoms with Gasteiger partial charge in [-0.1, -0.05) is 129 Å². The molecule has 3 nitrogen and oxygen atoms in total. The molecule has 0 unspecified atom stereocenters. The zero-order valence-electron chi connectivity index (χ0n) is 25.8. The average molecular weight is 576 g/mol. The molecule has 7 rings (SSSR count). The zero-order valence-corrected chi connectivity index (χ0v) is 25.8. The maximum Gasteiger partial charge on any atom is 0.122 e. The molecule has 1 aromatic heterocycles. The number of rotatable bonds is 8. The Morgan fingerprint density at radius 1 is 0.682 bits per heavy atom. The smallest absolute Gasteiger partial charge is 0.122 e. The van der Waals surface area contributed by atoms with Crippen molar-refractivity contribution in [2.45, 2.75) is 57.7 Å². The van der Waals surface area contributed by atoms with Crippen LogP contribution in [0.3, 0.4) is 0 Å². The Balaban J connectivity index is 1.31. The summed E-state index contributed by atoms with van der Waals surface area (Å²) in [7, 11) is 0. The van der Waals surface area contributed by atoms with Gasteiger partial charge in [-0.05, 0) is 82.7 Å². The van der Waals surface area contributed by atoms with Gasteiger partial charge in [0.25, 0.3) is 0 Å². The van der Waals surface area contributed by atoms with Gasteiger partial charge in [0.2, 0.25) is 0 Å². The third-order valence-electron chi connectivity index (χ3n) is 9.68. The van der Waals surface area contributed by atoms with Crippen molar-refractivity contribution in [1.82, 2.24) is 14.9 Å². The summed E-state index contributed by atoms with van der Waals surface area (Å²) < 4.78 is 2.38. The fourth-order valence-corrected chi connectivity index (χ4v) is 7.14. The van der Waals surface area contributed by atoms with Crippen molar-refractivity contribution in [3.63, 3.8) is 0 Å². The summed E-state index contributed by atoms with van der Waals surface area (Å²) in [5.74, 6) is 0. The first-order valence-corrected chi connectivity index (χ1v) is 16.0. The lowest BCUT2D eigenvalue weighted by molar-refractivity contribution is 0.206. The van der Waals surface area contributed by atoms with Crippen molar-refractivity contribution in [3.8, 4) is 11.1 Å². The molecule has 220 valence electrons. The Morgan fingerprint density at radius 3 is 1.84 bits per heavy atom. The van der Waals surface area contributed by atoms with Crippen LogP contribution < -0.4 is 5.32 Å². The van der Waals surface area contributed by atoms with E-state index in [9.17, 15) is 0 Å². The predicted octanol–water partition coefficient (Wildman–Crippen LogP) is 9.60. The van der Waals surface area contributed by atoms with Gasteiger partial charge in [0.05, 0.1) is 17.4 Å². The van der Waals surface area contributed by atoms with Crippen LogP contribution in [0.5, 0.6) is 0 Å². The van der Waals surface area contributed by atoms with Crippen molar-refractivity contribution < 1.29 is 0 Å². The molecule has 5 aromatic carbocycles. The lowest BCUT2D eigenvalue weighted by Crippen LogP contribution is -2.37. The molecule has 0 spiro atoms. The molecule has 1 aliphatic rings. The molecule has 0 bridgehead atoms. The maximum atomic E-state index is 4.96. The minimum Gasteiger partial charge on any atom is -0.312 e. The second kappa shape index (κ2) is 11.9. The summed E-state index contributed by atoms with van der Waals surface area (Å²) in [6.07, 6.45) is 7.15. The van der Waals surface area contributed by atoms with Crippen molar-refractivity contribution in [3.05, 3.63) is 162 Å². The fourth-order valence-electron chi connectivity index (χ4n) is 7.14. The summed E-state index contributed by atoms with van der Waals surface area (Å²) in [6.45, 7) is 5.70. The minimum atomic E-state index is -0.600. The number of nitrogens with zero attached hydrogens (tertiary/aromatic N) is 2. The van der Waals surface area contributed by atoms with Crippen LogP contribution in [0.2, 0.25) is 0 Å². The van der Waals surface area contributed by atoms with Crippen molar-refractivity contribution >= 4 is 11.0 Å². The van der Waals surface area contributed by atoms with E-state index in [1.54, 1.807) is 0 Å². The van der Waals surface area contributed by atoms with Crippen LogP contribution in [-0.4, -0.2) is 15.6 Å². The molecule has 6 aromatic rings. The molecule has 1 fully saturated rings. The summed E-state index contributed by atoms with van der Waals surface area (Å²) in [6, 6.07) is 48.8. The molecule has 0 radical (unpaired) electrons. The Labute approximate surface area is 261 Å². The largest absolute Gasteiger partial charge is 0.312 e. The number of imidazole rings is 1. The number of hydrogen-bond donors (Lipinski definition) is 1. The molecule has 0 atom stereocenters. The molecular weight excluding hydrogens is 534 g/mol. The first-order valence-electron chi connectivity index (χ1n) is 16.0. The highest BCUT2D eigenvalue weighted by molar-refractivity contribution is 5.83. The van der Waals surface area contributed by atoms with Gasteiger partial charge in [-0.2, -0.15) is 0 Å². The van der Waals surface area contributed by atoms with E-state index < -0.39 is 5.54 Å². The van der Waals surface area contributed by atoms with E-state index in [0.29, 0.717) is 11.5 Å². The third kappa shape index (κ3) is 5.37. The highest BCUT2D eigenvalue weighted by Gasteiger charge is 2.39. The van der Waals surface area contributed by atoms with Gasteiger partial charge in [0, 0.05) is 12.6 Å². The molecule has 0 aliphatic heterocycles. The molecule has 0 amide bonds. The summed E-state index contributed by atoms with van der Waals surface area (Å²) in [5, 5.41) is 3.85. The molecule has 1 N–H and O–H groups in total. The lowest BCUT2D eigenvalue weighted by Gasteiger charge is -2.38. The number of nitrogens with one attached hydrogen (secondary N) is 1. The molecule has 1 saturated carbocycles. The van der Waals surface area contributed by atoms with Gasteiger partial charge in [-0.25, -0.2) is 4.98 Å². The summed E-state index contributed by atoms with van der Waals surface area (Å²) in [5.41, 5.74) is 9.32. The van der Waals surface area contributed by atoms with Gasteiger partial charge >= 0.3 is 0 Å². The highest BCUT2D eigenvalue weighted by atomic mass is 15.1. The van der Waals surface area contributed by atoms with E-state index in [0.717, 1.165) is 17.6 Å². The van der Waals surface area contributed by atoms with Crippen LogP contribution in [0.4, 0.5) is 0 Å². The molecule has 44 heavy (non-hydrogen) atoms. The van der Waals surface area contributed by atoms with Crippen LogP contribution in [0.1, 0.15) is 61.8 Å². The summed E-state index contributed by atoms with van der Waals surface area (Å²) in [4.78, 5) is 4.96. The van der Waals surface area contributed by atoms with Crippen molar-refractivity contribution in [2.75, 3.05) is 0 Å². The van der Waals surface area contributed by atoms with Crippen LogP contribution >= 0.6 is 0 Å². The van der Waals surface area contributed by atoms with Crippen LogP contribution in [0.15, 0.2) is 140 Å². The van der Waals surface area contributed by atoms with Gasteiger partial charge in [0.1, 0.15) is 5.54 Å². The molecule has 1 aliphatic carbocycles. The van der Waals surface area contributed by atoms with Crippen LogP contribution in [0, 0.1) is 5.41 Å². The first kappa shape index (κ1) is 28.3. The third-order valence-corrected chi connectivity index (χ3v) is 9.68. The fraction of sp³-hybridized carbons (Fsp3) is 0.244. The standard InChI is InChI=1S/C41H41N3/c1-40(2)25-23-37(24-26-40)42-29-31-13-12-14-32(27-31)33-21-22-38-39(28-33)44(30-43-38)41(34-15-6-3-7-16-34,35-17-8-4-9-18-35)36-19-10-5-11-20-36/h3-22,27-28,30,37,42H,23-26,29H2,1-2H3. The van der Waals surface area contributed by atoms with E-state index in [2.05, 4.69) is 157 Å². The molecule has 3 heteroatoms. The Bertz CT molecular complexity index is 1730. The highest BCUT2D eigenvalue weighted by Crippen LogP contribution is 2.43. The Hall–Kier alpha value is -4.47. The number of fused-ring (bicyclic) bond motifs is 1. The second-order valence-corrected chi connectivity index (χ2v) is 13.1. The van der Waals surface area contributed by atoms with E-state index in [1.807, 2.05) is 6.33 Å². The second-order valence-electron chi connectivity index (χ2n) is 13.1. The van der Waals surface area contributed by atoms with Gasteiger partial charge in [0.15, 0.2) is 0 Å². The van der Waals surface area contributed by atoms with E-state index in [1.165, 1.54) is 59.1 Å². The predicted molar refractivity (Wildman–Crippen MR) is 183 cm³/mol. The maximum absolute atomic E-state index is 4.96. The van der Waals surface area contributed by atoms with Gasteiger partial charge < -0.3 is 9.88 Å². The Morgan fingerprint density at radius 2 is 1.25 bits per heavy atom. The van der Waals surface area contributed by atoms with E-state index in [-0.39, 0.29) is 0 Å². The monoisotopic (exact) mass is 575 g/mol. The minimum absolute atomic E-state index is 0.488. The zero-order chi connectivity index (χ0) is 30.0. The Kier molecular flexibility index (Phi) is 7.66. The lowest BCUT2D eigenvalue weighted by atomic mass is 9.75. The number of benzene rings is 5. The van der Waals surface area contributed by atoms with E-state index >= 15 is 0 Å². The van der Waals surface area contributed by atoms with E-state index in [4.69, 9.17) is 4.98 Å². The summed E-state index contributed by atoms with van der Waals surface area (Å²) >= 11 is 0. The van der Waals surface area contributed by atoms with Crippen LogP contribution in [0.25, 0.3) is 22.2 Å². The van der Waals surface area contributed by atoms with Gasteiger partial charge in [-0.3, -0.25) is 0 Å². The molecule has 0 saturated heterocycles.